The number of thioether (sulfide) groups is 1. The number of nitrogens with one attached hydrogen (secondary N) is 1. The van der Waals surface area contributed by atoms with Crippen molar-refractivity contribution < 1.29 is 0 Å². The SMILES string of the molecule is CCCC(CSc1ccccc1C)NCC. The van der Waals surface area contributed by atoms with Gasteiger partial charge >= 0.3 is 0 Å². The van der Waals surface area contributed by atoms with Crippen LogP contribution < -0.4 is 5.32 Å². The van der Waals surface area contributed by atoms with Crippen LogP contribution >= 0.6 is 11.8 Å². The second-order valence-corrected chi connectivity index (χ2v) is 5.18. The van der Waals surface area contributed by atoms with E-state index >= 15 is 0 Å². The van der Waals surface area contributed by atoms with Crippen molar-refractivity contribution >= 4 is 11.8 Å². The quantitative estimate of drug-likeness (QED) is 0.723. The van der Waals surface area contributed by atoms with Crippen molar-refractivity contribution in [3.8, 4) is 0 Å². The van der Waals surface area contributed by atoms with Gasteiger partial charge in [-0.3, -0.25) is 0 Å². The Morgan fingerprint density at radius 1 is 1.25 bits per heavy atom. The lowest BCUT2D eigenvalue weighted by Crippen LogP contribution is -2.30. The number of rotatable bonds is 7. The smallest absolute Gasteiger partial charge is 0.0161 e. The zero-order chi connectivity index (χ0) is 11.8. The summed E-state index contributed by atoms with van der Waals surface area (Å²) in [4.78, 5) is 1.42. The van der Waals surface area contributed by atoms with E-state index in [2.05, 4.69) is 50.4 Å². The summed E-state index contributed by atoms with van der Waals surface area (Å²) in [7, 11) is 0. The van der Waals surface area contributed by atoms with E-state index < -0.39 is 0 Å². The summed E-state index contributed by atoms with van der Waals surface area (Å²) in [6, 6.07) is 9.28. The van der Waals surface area contributed by atoms with E-state index in [9.17, 15) is 0 Å². The number of aryl methyl sites for hydroxylation is 1. The first-order valence-electron chi connectivity index (χ1n) is 6.19. The van der Waals surface area contributed by atoms with Crippen molar-refractivity contribution in [1.29, 1.82) is 0 Å². The standard InChI is InChI=1S/C14H23NS/c1-4-8-13(15-5-2)11-16-14-10-7-6-9-12(14)3/h6-7,9-10,13,15H,4-5,8,11H2,1-3H3. The summed E-state index contributed by atoms with van der Waals surface area (Å²) in [5.74, 6) is 1.17. The number of benzene rings is 1. The molecule has 0 saturated carbocycles. The van der Waals surface area contributed by atoms with Crippen molar-refractivity contribution in [2.75, 3.05) is 12.3 Å². The highest BCUT2D eigenvalue weighted by atomic mass is 32.2. The van der Waals surface area contributed by atoms with Crippen molar-refractivity contribution in [2.24, 2.45) is 0 Å². The summed E-state index contributed by atoms with van der Waals surface area (Å²) in [5.41, 5.74) is 1.39. The molecule has 90 valence electrons. The maximum Gasteiger partial charge on any atom is 0.0161 e. The molecule has 1 N–H and O–H groups in total. The van der Waals surface area contributed by atoms with Crippen LogP contribution in [0.4, 0.5) is 0 Å². The van der Waals surface area contributed by atoms with Gasteiger partial charge in [-0.25, -0.2) is 0 Å². The van der Waals surface area contributed by atoms with E-state index in [-0.39, 0.29) is 0 Å². The van der Waals surface area contributed by atoms with Gasteiger partial charge < -0.3 is 5.32 Å². The topological polar surface area (TPSA) is 12.0 Å². The molecule has 0 spiro atoms. The van der Waals surface area contributed by atoms with Crippen molar-refractivity contribution in [3.63, 3.8) is 0 Å². The van der Waals surface area contributed by atoms with E-state index in [0.717, 1.165) is 6.54 Å². The number of hydrogen-bond acceptors (Lipinski definition) is 2. The molecule has 0 aromatic heterocycles. The van der Waals surface area contributed by atoms with Crippen LogP contribution in [-0.2, 0) is 0 Å². The van der Waals surface area contributed by atoms with Gasteiger partial charge in [-0.1, -0.05) is 38.5 Å². The lowest BCUT2D eigenvalue weighted by Gasteiger charge is -2.17. The molecule has 1 aromatic carbocycles. The highest BCUT2D eigenvalue weighted by Gasteiger charge is 2.07. The molecule has 2 heteroatoms. The van der Waals surface area contributed by atoms with Gasteiger partial charge in [-0.15, -0.1) is 11.8 Å². The average Bonchev–Trinajstić information content (AvgIpc) is 2.28. The molecule has 0 amide bonds. The summed E-state index contributed by atoms with van der Waals surface area (Å²) in [6.07, 6.45) is 2.53. The fourth-order valence-corrected chi connectivity index (χ4v) is 2.93. The Balaban J connectivity index is 2.45. The van der Waals surface area contributed by atoms with Crippen molar-refractivity contribution in [1.82, 2.24) is 5.32 Å². The van der Waals surface area contributed by atoms with Gasteiger partial charge in [0.1, 0.15) is 0 Å². The molecule has 0 heterocycles. The van der Waals surface area contributed by atoms with E-state index in [1.54, 1.807) is 0 Å². The molecule has 0 aliphatic heterocycles. The molecule has 1 rings (SSSR count). The molecule has 1 aromatic rings. The molecule has 1 atom stereocenters. The molecule has 0 bridgehead atoms. The molecule has 1 nitrogen and oxygen atoms in total. The maximum atomic E-state index is 3.55. The van der Waals surface area contributed by atoms with Crippen molar-refractivity contribution in [2.45, 2.75) is 44.6 Å². The Labute approximate surface area is 104 Å². The Morgan fingerprint density at radius 3 is 2.62 bits per heavy atom. The third-order valence-electron chi connectivity index (χ3n) is 2.66. The van der Waals surface area contributed by atoms with Crippen LogP contribution in [0.25, 0.3) is 0 Å². The molecule has 0 aliphatic carbocycles. The van der Waals surface area contributed by atoms with Gasteiger partial charge in [0, 0.05) is 16.7 Å². The summed E-state index contributed by atoms with van der Waals surface area (Å²) >= 11 is 1.97. The highest BCUT2D eigenvalue weighted by Crippen LogP contribution is 2.23. The zero-order valence-electron chi connectivity index (χ0n) is 10.6. The summed E-state index contributed by atoms with van der Waals surface area (Å²) in [5, 5.41) is 3.55. The Kier molecular flexibility index (Phi) is 6.58. The van der Waals surface area contributed by atoms with Gasteiger partial charge in [0.2, 0.25) is 0 Å². The second-order valence-electron chi connectivity index (χ2n) is 4.12. The molecule has 0 saturated heterocycles. The minimum atomic E-state index is 0.652. The Hall–Kier alpha value is -0.470. The first-order valence-corrected chi connectivity index (χ1v) is 7.18. The first-order chi connectivity index (χ1) is 7.77. The van der Waals surface area contributed by atoms with Crippen LogP contribution in [0.2, 0.25) is 0 Å². The van der Waals surface area contributed by atoms with E-state index in [1.165, 1.54) is 29.1 Å². The molecule has 0 radical (unpaired) electrons. The molecule has 0 fully saturated rings. The van der Waals surface area contributed by atoms with Crippen LogP contribution in [0.1, 0.15) is 32.3 Å². The fraction of sp³-hybridized carbons (Fsp3) is 0.571. The molecule has 0 aliphatic rings. The van der Waals surface area contributed by atoms with Crippen LogP contribution in [-0.4, -0.2) is 18.3 Å². The highest BCUT2D eigenvalue weighted by molar-refractivity contribution is 7.99. The van der Waals surface area contributed by atoms with Crippen LogP contribution in [0.15, 0.2) is 29.2 Å². The average molecular weight is 237 g/mol. The monoisotopic (exact) mass is 237 g/mol. The third-order valence-corrected chi connectivity index (χ3v) is 4.00. The lowest BCUT2D eigenvalue weighted by atomic mass is 10.2. The normalized spacial score (nSPS) is 12.7. The van der Waals surface area contributed by atoms with E-state index in [0.29, 0.717) is 6.04 Å². The maximum absolute atomic E-state index is 3.55. The van der Waals surface area contributed by atoms with Crippen molar-refractivity contribution in [3.05, 3.63) is 29.8 Å². The van der Waals surface area contributed by atoms with Gasteiger partial charge in [0.05, 0.1) is 0 Å². The predicted octanol–water partition coefficient (Wildman–Crippen LogP) is 3.87. The summed E-state index contributed by atoms with van der Waals surface area (Å²) in [6.45, 7) is 7.69. The molecule has 16 heavy (non-hydrogen) atoms. The zero-order valence-corrected chi connectivity index (χ0v) is 11.4. The van der Waals surface area contributed by atoms with Gasteiger partial charge in [-0.2, -0.15) is 0 Å². The fourth-order valence-electron chi connectivity index (χ4n) is 1.79. The lowest BCUT2D eigenvalue weighted by molar-refractivity contribution is 0.531. The molecular formula is C14H23NS. The van der Waals surface area contributed by atoms with E-state index in [1.807, 2.05) is 11.8 Å². The molecular weight excluding hydrogens is 214 g/mol. The Morgan fingerprint density at radius 2 is 2.00 bits per heavy atom. The largest absolute Gasteiger partial charge is 0.313 e. The van der Waals surface area contributed by atoms with Gasteiger partial charge in [-0.05, 0) is 31.5 Å². The summed E-state index contributed by atoms with van der Waals surface area (Å²) < 4.78 is 0. The molecule has 1 unspecified atom stereocenters. The second kappa shape index (κ2) is 7.75. The third kappa shape index (κ3) is 4.58. The van der Waals surface area contributed by atoms with Crippen LogP contribution in [0.5, 0.6) is 0 Å². The van der Waals surface area contributed by atoms with E-state index in [4.69, 9.17) is 0 Å². The van der Waals surface area contributed by atoms with Gasteiger partial charge in [0.25, 0.3) is 0 Å². The minimum Gasteiger partial charge on any atom is -0.313 e. The van der Waals surface area contributed by atoms with Gasteiger partial charge in [0.15, 0.2) is 0 Å². The predicted molar refractivity (Wildman–Crippen MR) is 74.3 cm³/mol. The number of hydrogen-bond donors (Lipinski definition) is 1. The Bertz CT molecular complexity index is 293. The first kappa shape index (κ1) is 13.6. The minimum absolute atomic E-state index is 0.652. The van der Waals surface area contributed by atoms with Crippen LogP contribution in [0.3, 0.4) is 0 Å². The van der Waals surface area contributed by atoms with Crippen LogP contribution in [0, 0.1) is 6.92 Å².